The monoisotopic (exact) mass is 442 g/mol. The van der Waals surface area contributed by atoms with Crippen LogP contribution in [0.4, 0.5) is 0 Å². The fourth-order valence-electron chi connectivity index (χ4n) is 4.34. The largest absolute Gasteiger partial charge is 0.419 e. The van der Waals surface area contributed by atoms with Crippen LogP contribution in [0.2, 0.25) is 0 Å². The van der Waals surface area contributed by atoms with Gasteiger partial charge in [-0.25, -0.2) is 9.59 Å². The number of ether oxygens (including phenoxy) is 2. The topological polar surface area (TPSA) is 52.6 Å². The van der Waals surface area contributed by atoms with Crippen LogP contribution in [0, 0.1) is 0 Å². The number of esters is 2. The summed E-state index contributed by atoms with van der Waals surface area (Å²) in [4.78, 5) is 25.9. The summed E-state index contributed by atoms with van der Waals surface area (Å²) in [6.07, 6.45) is 5.56. The summed E-state index contributed by atoms with van der Waals surface area (Å²) >= 11 is 0. The Morgan fingerprint density at radius 2 is 1.30 bits per heavy atom. The zero-order chi connectivity index (χ0) is 23.2. The Hall–Kier alpha value is -3.40. The fraction of sp³-hybridized carbons (Fsp3) is 0.310. The summed E-state index contributed by atoms with van der Waals surface area (Å²) in [6.45, 7) is 4.22. The lowest BCUT2D eigenvalue weighted by molar-refractivity contribution is 0.0680. The van der Waals surface area contributed by atoms with Crippen LogP contribution in [-0.4, -0.2) is 11.9 Å². The standard InChI is InChI=1S/C29H30O4/c1-20(2)24-18-25(21-12-6-3-7-13-21)27(33-29(31)23-16-10-5-11-17-23)26(19-24)32-28(30)22-14-8-4-9-15-22/h4-5,8-11,14-21H,3,6-7,12-13H2,1-2H3. The van der Waals surface area contributed by atoms with Crippen molar-refractivity contribution in [2.24, 2.45) is 0 Å². The first kappa shape index (κ1) is 22.8. The van der Waals surface area contributed by atoms with E-state index in [9.17, 15) is 9.59 Å². The van der Waals surface area contributed by atoms with Gasteiger partial charge in [0.15, 0.2) is 11.5 Å². The number of hydrogen-bond acceptors (Lipinski definition) is 4. The molecular formula is C29H30O4. The highest BCUT2D eigenvalue weighted by Crippen LogP contribution is 2.44. The lowest BCUT2D eigenvalue weighted by Crippen LogP contribution is -2.16. The molecule has 1 aliphatic rings. The lowest BCUT2D eigenvalue weighted by Gasteiger charge is -2.26. The summed E-state index contributed by atoms with van der Waals surface area (Å²) in [6, 6.07) is 21.8. The summed E-state index contributed by atoms with van der Waals surface area (Å²) < 4.78 is 11.8. The number of carbonyl (C=O) groups is 2. The Balaban J connectivity index is 1.78. The van der Waals surface area contributed by atoms with Crippen LogP contribution in [0.1, 0.15) is 89.6 Å². The maximum absolute atomic E-state index is 13.0. The molecule has 4 nitrogen and oxygen atoms in total. The third kappa shape index (κ3) is 5.51. The maximum atomic E-state index is 13.0. The van der Waals surface area contributed by atoms with Crippen molar-refractivity contribution in [3.8, 4) is 11.5 Å². The molecule has 0 saturated heterocycles. The van der Waals surface area contributed by atoms with Gasteiger partial charge < -0.3 is 9.47 Å². The van der Waals surface area contributed by atoms with Crippen LogP contribution in [0.3, 0.4) is 0 Å². The Kier molecular flexibility index (Phi) is 7.23. The van der Waals surface area contributed by atoms with E-state index in [1.165, 1.54) is 6.42 Å². The highest BCUT2D eigenvalue weighted by molar-refractivity contribution is 5.93. The summed E-state index contributed by atoms with van der Waals surface area (Å²) in [7, 11) is 0. The molecule has 0 atom stereocenters. The van der Waals surface area contributed by atoms with Crippen LogP contribution in [0.5, 0.6) is 11.5 Å². The molecule has 0 radical (unpaired) electrons. The van der Waals surface area contributed by atoms with Gasteiger partial charge >= 0.3 is 11.9 Å². The van der Waals surface area contributed by atoms with Crippen molar-refractivity contribution < 1.29 is 19.1 Å². The maximum Gasteiger partial charge on any atom is 0.343 e. The zero-order valence-electron chi connectivity index (χ0n) is 19.3. The summed E-state index contributed by atoms with van der Waals surface area (Å²) in [5.41, 5.74) is 2.93. The Morgan fingerprint density at radius 3 is 1.85 bits per heavy atom. The van der Waals surface area contributed by atoms with Gasteiger partial charge in [-0.05, 0) is 60.6 Å². The van der Waals surface area contributed by atoms with E-state index in [0.717, 1.165) is 36.8 Å². The summed E-state index contributed by atoms with van der Waals surface area (Å²) in [5, 5.41) is 0. The van der Waals surface area contributed by atoms with Crippen molar-refractivity contribution in [2.45, 2.75) is 57.8 Å². The molecule has 4 heteroatoms. The zero-order valence-corrected chi connectivity index (χ0v) is 19.3. The second-order valence-corrected chi connectivity index (χ2v) is 8.94. The van der Waals surface area contributed by atoms with Gasteiger partial charge in [0.25, 0.3) is 0 Å². The van der Waals surface area contributed by atoms with E-state index in [1.807, 2.05) is 18.2 Å². The predicted octanol–water partition coefficient (Wildman–Crippen LogP) is 7.30. The molecule has 0 amide bonds. The molecule has 0 bridgehead atoms. The van der Waals surface area contributed by atoms with Gasteiger partial charge in [-0.3, -0.25) is 0 Å². The molecule has 3 aromatic carbocycles. The first-order chi connectivity index (χ1) is 16.0. The van der Waals surface area contributed by atoms with Crippen LogP contribution >= 0.6 is 0 Å². The van der Waals surface area contributed by atoms with Crippen LogP contribution in [-0.2, 0) is 0 Å². The van der Waals surface area contributed by atoms with E-state index in [4.69, 9.17) is 9.47 Å². The molecule has 33 heavy (non-hydrogen) atoms. The van der Waals surface area contributed by atoms with E-state index < -0.39 is 11.9 Å². The fourth-order valence-corrected chi connectivity index (χ4v) is 4.34. The molecule has 0 unspecified atom stereocenters. The minimum Gasteiger partial charge on any atom is -0.419 e. The third-order valence-corrected chi connectivity index (χ3v) is 6.23. The molecular weight excluding hydrogens is 412 g/mol. The van der Waals surface area contributed by atoms with Gasteiger partial charge in [0.2, 0.25) is 0 Å². The molecule has 3 aromatic rings. The van der Waals surface area contributed by atoms with Gasteiger partial charge in [0, 0.05) is 5.56 Å². The number of carbonyl (C=O) groups excluding carboxylic acids is 2. The predicted molar refractivity (Wildman–Crippen MR) is 129 cm³/mol. The van der Waals surface area contributed by atoms with Crippen molar-refractivity contribution in [1.82, 2.24) is 0 Å². The minimum absolute atomic E-state index is 0.236. The van der Waals surface area contributed by atoms with E-state index in [-0.39, 0.29) is 11.8 Å². The molecule has 170 valence electrons. The molecule has 0 aliphatic heterocycles. The van der Waals surface area contributed by atoms with Gasteiger partial charge in [-0.15, -0.1) is 0 Å². The van der Waals surface area contributed by atoms with Crippen molar-refractivity contribution in [1.29, 1.82) is 0 Å². The molecule has 1 aliphatic carbocycles. The van der Waals surface area contributed by atoms with E-state index >= 15 is 0 Å². The first-order valence-corrected chi connectivity index (χ1v) is 11.7. The molecule has 0 heterocycles. The average Bonchev–Trinajstić information content (AvgIpc) is 2.86. The van der Waals surface area contributed by atoms with Crippen LogP contribution in [0.25, 0.3) is 0 Å². The quantitative estimate of drug-likeness (QED) is 0.297. The van der Waals surface area contributed by atoms with Gasteiger partial charge in [0.1, 0.15) is 0 Å². The Morgan fingerprint density at radius 1 is 0.758 bits per heavy atom. The molecule has 1 fully saturated rings. The normalized spacial score (nSPS) is 14.2. The average molecular weight is 443 g/mol. The second kappa shape index (κ2) is 10.5. The highest BCUT2D eigenvalue weighted by Gasteiger charge is 2.27. The first-order valence-electron chi connectivity index (χ1n) is 11.7. The van der Waals surface area contributed by atoms with Gasteiger partial charge in [-0.2, -0.15) is 0 Å². The van der Waals surface area contributed by atoms with Crippen LogP contribution < -0.4 is 9.47 Å². The number of rotatable bonds is 6. The molecule has 1 saturated carbocycles. The van der Waals surface area contributed by atoms with Crippen LogP contribution in [0.15, 0.2) is 72.8 Å². The lowest BCUT2D eigenvalue weighted by atomic mass is 9.82. The molecule has 0 spiro atoms. The second-order valence-electron chi connectivity index (χ2n) is 8.94. The number of benzene rings is 3. The number of hydrogen-bond donors (Lipinski definition) is 0. The molecule has 0 N–H and O–H groups in total. The SMILES string of the molecule is CC(C)c1cc(OC(=O)c2ccccc2)c(OC(=O)c2ccccc2)c(C2CCCCC2)c1. The highest BCUT2D eigenvalue weighted by atomic mass is 16.6. The van der Waals surface area contributed by atoms with E-state index in [2.05, 4.69) is 19.9 Å². The van der Waals surface area contributed by atoms with Gasteiger partial charge in [-0.1, -0.05) is 75.6 Å². The van der Waals surface area contributed by atoms with E-state index in [0.29, 0.717) is 22.6 Å². The third-order valence-electron chi connectivity index (χ3n) is 6.23. The molecule has 4 rings (SSSR count). The smallest absolute Gasteiger partial charge is 0.343 e. The molecule has 0 aromatic heterocycles. The van der Waals surface area contributed by atoms with Crippen molar-refractivity contribution in [3.63, 3.8) is 0 Å². The van der Waals surface area contributed by atoms with Crippen molar-refractivity contribution in [2.75, 3.05) is 0 Å². The van der Waals surface area contributed by atoms with Gasteiger partial charge in [0.05, 0.1) is 11.1 Å². The van der Waals surface area contributed by atoms with Crippen molar-refractivity contribution >= 4 is 11.9 Å². The minimum atomic E-state index is -0.469. The Bertz CT molecular complexity index is 1100. The van der Waals surface area contributed by atoms with Crippen molar-refractivity contribution in [3.05, 3.63) is 95.1 Å². The Labute approximate surface area is 195 Å². The summed E-state index contributed by atoms with van der Waals surface area (Å²) in [5.74, 6) is 0.250. The van der Waals surface area contributed by atoms with E-state index in [1.54, 1.807) is 48.5 Å².